The largest absolute Gasteiger partial charge is 0.310 e. The van der Waals surface area contributed by atoms with Crippen LogP contribution in [0.4, 0.5) is 5.82 Å². The molecule has 1 N–H and O–H groups in total. The fourth-order valence-electron chi connectivity index (χ4n) is 3.89. The Morgan fingerprint density at radius 1 is 1.12 bits per heavy atom. The van der Waals surface area contributed by atoms with E-state index in [4.69, 9.17) is 5.10 Å². The van der Waals surface area contributed by atoms with Gasteiger partial charge in [0.25, 0.3) is 0 Å². The van der Waals surface area contributed by atoms with E-state index in [1.165, 1.54) is 11.3 Å². The van der Waals surface area contributed by atoms with Crippen LogP contribution in [-0.2, 0) is 27.5 Å². The highest BCUT2D eigenvalue weighted by molar-refractivity contribution is 7.91. The highest BCUT2D eigenvalue weighted by Crippen LogP contribution is 2.33. The van der Waals surface area contributed by atoms with Crippen molar-refractivity contribution in [2.75, 3.05) is 11.1 Å². The first-order valence-electron chi connectivity index (χ1n) is 10.5. The molecule has 0 spiro atoms. The van der Waals surface area contributed by atoms with Crippen LogP contribution in [0.3, 0.4) is 0 Å². The summed E-state index contributed by atoms with van der Waals surface area (Å²) >= 11 is 1.51. The number of anilines is 1. The number of carbonyl (C=O) groups is 1. The second-order valence-corrected chi connectivity index (χ2v) is 11.1. The van der Waals surface area contributed by atoms with Crippen molar-refractivity contribution in [3.05, 3.63) is 65.4 Å². The van der Waals surface area contributed by atoms with Gasteiger partial charge in [-0.3, -0.25) is 4.79 Å². The number of carbonyl (C=O) groups excluding carboxylic acids is 1. The summed E-state index contributed by atoms with van der Waals surface area (Å²) in [5.74, 6) is 0.00579. The Hall–Kier alpha value is -3.04. The zero-order valence-corrected chi connectivity index (χ0v) is 19.2. The second-order valence-electron chi connectivity index (χ2n) is 7.93. The SMILES string of the molecule is Cc1ccc(S(=O)(=O)CCC(=O)Nc2c3c(nn2-c2nc4ccccc4s2)CCC3)cc1. The van der Waals surface area contributed by atoms with E-state index in [9.17, 15) is 13.2 Å². The van der Waals surface area contributed by atoms with Gasteiger partial charge in [-0.15, -0.1) is 0 Å². The number of rotatable bonds is 6. The first-order valence-corrected chi connectivity index (χ1v) is 12.9. The van der Waals surface area contributed by atoms with E-state index in [0.29, 0.717) is 10.9 Å². The van der Waals surface area contributed by atoms with Crippen molar-refractivity contribution in [1.29, 1.82) is 0 Å². The van der Waals surface area contributed by atoms with Gasteiger partial charge in [0.05, 0.1) is 26.6 Å². The molecule has 0 atom stereocenters. The van der Waals surface area contributed by atoms with Gasteiger partial charge in [-0.25, -0.2) is 13.4 Å². The molecule has 32 heavy (non-hydrogen) atoms. The van der Waals surface area contributed by atoms with Crippen LogP contribution in [0.1, 0.15) is 29.7 Å². The molecule has 9 heteroatoms. The number of sulfone groups is 1. The summed E-state index contributed by atoms with van der Waals surface area (Å²) in [5.41, 5.74) is 3.84. The fourth-order valence-corrected chi connectivity index (χ4v) is 6.06. The summed E-state index contributed by atoms with van der Waals surface area (Å²) in [6, 6.07) is 14.5. The summed E-state index contributed by atoms with van der Waals surface area (Å²) in [7, 11) is -3.54. The fraction of sp³-hybridized carbons (Fsp3) is 0.261. The number of hydrogen-bond acceptors (Lipinski definition) is 6. The van der Waals surface area contributed by atoms with Crippen molar-refractivity contribution < 1.29 is 13.2 Å². The Labute approximate surface area is 190 Å². The smallest absolute Gasteiger partial charge is 0.226 e. The van der Waals surface area contributed by atoms with Gasteiger partial charge in [0.2, 0.25) is 11.0 Å². The Kier molecular flexibility index (Phi) is 5.30. The molecule has 1 aliphatic rings. The van der Waals surface area contributed by atoms with Crippen molar-refractivity contribution >= 4 is 43.1 Å². The molecular formula is C23H22N4O3S2. The maximum atomic E-state index is 12.8. The van der Waals surface area contributed by atoms with E-state index in [0.717, 1.165) is 46.3 Å². The lowest BCUT2D eigenvalue weighted by molar-refractivity contribution is -0.115. The molecule has 164 valence electrons. The lowest BCUT2D eigenvalue weighted by Gasteiger charge is -2.09. The molecule has 2 heterocycles. The van der Waals surface area contributed by atoms with E-state index < -0.39 is 9.84 Å². The van der Waals surface area contributed by atoms with E-state index in [1.54, 1.807) is 28.9 Å². The molecule has 0 aliphatic heterocycles. The molecule has 2 aromatic carbocycles. The highest BCUT2D eigenvalue weighted by atomic mass is 32.2. The molecule has 0 saturated heterocycles. The minimum atomic E-state index is -3.54. The van der Waals surface area contributed by atoms with Crippen LogP contribution in [0.25, 0.3) is 15.3 Å². The average Bonchev–Trinajstić information content (AvgIpc) is 3.48. The standard InChI is InChI=1S/C23H22N4O3S2/c1-15-9-11-16(12-10-15)32(29,30)14-13-21(28)25-22-17-5-4-7-18(17)26-27(22)23-24-19-6-2-3-8-20(19)31-23/h2-3,6,8-12H,4-5,7,13-14H2,1H3,(H,25,28). The lowest BCUT2D eigenvalue weighted by atomic mass is 10.2. The molecule has 4 aromatic rings. The number of amides is 1. The summed E-state index contributed by atoms with van der Waals surface area (Å²) in [6.07, 6.45) is 2.55. The number of nitrogens with zero attached hydrogens (tertiary/aromatic N) is 3. The molecular weight excluding hydrogens is 444 g/mol. The van der Waals surface area contributed by atoms with Gasteiger partial charge in [0.15, 0.2) is 9.84 Å². The topological polar surface area (TPSA) is 94.0 Å². The summed E-state index contributed by atoms with van der Waals surface area (Å²) in [6.45, 7) is 1.90. The summed E-state index contributed by atoms with van der Waals surface area (Å²) in [5, 5.41) is 8.32. The van der Waals surface area contributed by atoms with Crippen LogP contribution < -0.4 is 5.32 Å². The average molecular weight is 467 g/mol. The molecule has 0 unspecified atom stereocenters. The maximum absolute atomic E-state index is 12.8. The second kappa shape index (κ2) is 8.14. The molecule has 0 saturated carbocycles. The maximum Gasteiger partial charge on any atom is 0.226 e. The molecule has 7 nitrogen and oxygen atoms in total. The number of thiazole rings is 1. The minimum Gasteiger partial charge on any atom is -0.310 e. The van der Waals surface area contributed by atoms with Crippen molar-refractivity contribution in [1.82, 2.24) is 14.8 Å². The number of aromatic nitrogens is 3. The minimum absolute atomic E-state index is 0.129. The molecule has 1 aliphatic carbocycles. The van der Waals surface area contributed by atoms with E-state index >= 15 is 0 Å². The van der Waals surface area contributed by atoms with Crippen molar-refractivity contribution in [3.8, 4) is 5.13 Å². The monoisotopic (exact) mass is 466 g/mol. The van der Waals surface area contributed by atoms with E-state index in [1.807, 2.05) is 31.2 Å². The number of hydrogen-bond donors (Lipinski definition) is 1. The number of fused-ring (bicyclic) bond motifs is 2. The molecule has 0 radical (unpaired) electrons. The Bertz CT molecular complexity index is 1390. The first kappa shape index (κ1) is 20.8. The van der Waals surface area contributed by atoms with Crippen LogP contribution >= 0.6 is 11.3 Å². The Balaban J connectivity index is 1.38. The molecule has 1 amide bonds. The lowest BCUT2D eigenvalue weighted by Crippen LogP contribution is -2.20. The number of benzene rings is 2. The van der Waals surface area contributed by atoms with Gasteiger partial charge >= 0.3 is 0 Å². The van der Waals surface area contributed by atoms with Crippen molar-refractivity contribution in [2.45, 2.75) is 37.5 Å². The zero-order valence-electron chi connectivity index (χ0n) is 17.5. The molecule has 5 rings (SSSR count). The van der Waals surface area contributed by atoms with Gasteiger partial charge in [0, 0.05) is 12.0 Å². The zero-order chi connectivity index (χ0) is 22.3. The van der Waals surface area contributed by atoms with Gasteiger partial charge in [-0.1, -0.05) is 41.2 Å². The summed E-state index contributed by atoms with van der Waals surface area (Å²) in [4.78, 5) is 17.7. The van der Waals surface area contributed by atoms with Crippen LogP contribution in [-0.4, -0.2) is 34.8 Å². The third-order valence-electron chi connectivity index (χ3n) is 5.61. The quantitative estimate of drug-likeness (QED) is 0.462. The Morgan fingerprint density at radius 3 is 2.69 bits per heavy atom. The van der Waals surface area contributed by atoms with Crippen LogP contribution in [0, 0.1) is 6.92 Å². The van der Waals surface area contributed by atoms with Crippen molar-refractivity contribution in [3.63, 3.8) is 0 Å². The molecule has 2 aromatic heterocycles. The molecule has 0 bridgehead atoms. The van der Waals surface area contributed by atoms with Crippen molar-refractivity contribution in [2.24, 2.45) is 0 Å². The van der Waals surface area contributed by atoms with Gasteiger partial charge < -0.3 is 5.32 Å². The van der Waals surface area contributed by atoms with Gasteiger partial charge in [-0.05, 0) is 50.5 Å². The first-order chi connectivity index (χ1) is 15.4. The Morgan fingerprint density at radius 2 is 1.91 bits per heavy atom. The summed E-state index contributed by atoms with van der Waals surface area (Å²) < 4.78 is 28.0. The van der Waals surface area contributed by atoms with Crippen LogP contribution in [0.5, 0.6) is 0 Å². The van der Waals surface area contributed by atoms with Crippen LogP contribution in [0.2, 0.25) is 0 Å². The number of aryl methyl sites for hydroxylation is 2. The van der Waals surface area contributed by atoms with Gasteiger partial charge in [-0.2, -0.15) is 9.78 Å². The third kappa shape index (κ3) is 3.93. The van der Waals surface area contributed by atoms with E-state index in [2.05, 4.69) is 10.3 Å². The predicted octanol–water partition coefficient (Wildman–Crippen LogP) is 4.08. The van der Waals surface area contributed by atoms with Gasteiger partial charge in [0.1, 0.15) is 5.82 Å². The third-order valence-corrected chi connectivity index (χ3v) is 8.35. The van der Waals surface area contributed by atoms with E-state index in [-0.39, 0.29) is 23.0 Å². The highest BCUT2D eigenvalue weighted by Gasteiger charge is 2.26. The number of para-hydroxylation sites is 1. The normalized spacial score (nSPS) is 13.4. The molecule has 0 fully saturated rings. The number of nitrogens with one attached hydrogen (secondary N) is 1. The predicted molar refractivity (Wildman–Crippen MR) is 125 cm³/mol. The van der Waals surface area contributed by atoms with Crippen LogP contribution in [0.15, 0.2) is 53.4 Å².